The van der Waals surface area contributed by atoms with E-state index in [2.05, 4.69) is 15.0 Å². The molecule has 2 heterocycles. The lowest BCUT2D eigenvalue weighted by molar-refractivity contribution is -0.203. The summed E-state index contributed by atoms with van der Waals surface area (Å²) >= 11 is 0. The van der Waals surface area contributed by atoms with Gasteiger partial charge in [-0.25, -0.2) is 22.6 Å². The van der Waals surface area contributed by atoms with Gasteiger partial charge in [-0.1, -0.05) is 18.2 Å². The number of halogens is 4. The summed E-state index contributed by atoms with van der Waals surface area (Å²) in [6, 6.07) is 10.9. The van der Waals surface area contributed by atoms with E-state index >= 15 is 4.39 Å². The summed E-state index contributed by atoms with van der Waals surface area (Å²) in [6.07, 6.45) is -4.38. The smallest absolute Gasteiger partial charge is 0.491 e. The van der Waals surface area contributed by atoms with E-state index in [1.807, 2.05) is 0 Å². The zero-order chi connectivity index (χ0) is 38.1. The molecule has 1 aliphatic rings. The molecule has 12 nitrogen and oxygen atoms in total. The van der Waals surface area contributed by atoms with Gasteiger partial charge in [-0.2, -0.15) is 13.2 Å². The quantitative estimate of drug-likeness (QED) is 0.119. The molecule has 0 aliphatic carbocycles. The van der Waals surface area contributed by atoms with E-state index in [9.17, 15) is 36.0 Å². The van der Waals surface area contributed by atoms with Crippen LogP contribution in [0.15, 0.2) is 71.8 Å². The molecule has 1 amide bonds. The number of esters is 2. The van der Waals surface area contributed by atoms with Crippen LogP contribution in [0.25, 0.3) is 10.8 Å². The minimum absolute atomic E-state index is 0.00707. The van der Waals surface area contributed by atoms with Gasteiger partial charge >= 0.3 is 18.1 Å². The van der Waals surface area contributed by atoms with Crippen molar-refractivity contribution in [1.82, 2.24) is 9.88 Å². The fourth-order valence-corrected chi connectivity index (χ4v) is 7.41. The number of methoxy groups -OCH3 is 2. The Morgan fingerprint density at radius 3 is 2.33 bits per heavy atom. The molecule has 17 heteroatoms. The van der Waals surface area contributed by atoms with Gasteiger partial charge in [-0.3, -0.25) is 9.59 Å². The van der Waals surface area contributed by atoms with Crippen molar-refractivity contribution >= 4 is 50.0 Å². The van der Waals surface area contributed by atoms with Crippen LogP contribution in [0.4, 0.5) is 29.1 Å². The summed E-state index contributed by atoms with van der Waals surface area (Å²) in [5, 5.41) is 3.24. The third-order valence-corrected chi connectivity index (χ3v) is 11.0. The van der Waals surface area contributed by atoms with Crippen LogP contribution in [0, 0.1) is 11.7 Å². The van der Waals surface area contributed by atoms with Gasteiger partial charge in [-0.05, 0) is 67.6 Å². The van der Waals surface area contributed by atoms with Gasteiger partial charge in [0.05, 0.1) is 36.3 Å². The van der Waals surface area contributed by atoms with Gasteiger partial charge < -0.3 is 30.2 Å². The Labute approximate surface area is 295 Å². The number of carbonyl (C=O) groups is 3. The fourth-order valence-electron chi connectivity index (χ4n) is 6.12. The number of nitrogens with one attached hydrogen (secondary N) is 1. The highest BCUT2D eigenvalue weighted by Gasteiger charge is 2.50. The summed E-state index contributed by atoms with van der Waals surface area (Å²) in [7, 11) is -1.53. The molecule has 3 N–H and O–H groups in total. The SMILES string of the molecule is COc1cc(F)c([C@@H](Nc2ccc3c(N)nccc3c2)C(=O)N2CC[C@H](C(=O)OC(=O)C(F)(F)F)[C@@H]2c2ccccc2S(=O)(=O)C(C)C)cc1OC. The number of pyridine rings is 1. The van der Waals surface area contributed by atoms with E-state index in [1.54, 1.807) is 24.3 Å². The summed E-state index contributed by atoms with van der Waals surface area (Å²) in [5.41, 5.74) is 5.94. The number of benzene rings is 3. The monoisotopic (exact) mass is 746 g/mol. The summed E-state index contributed by atoms with van der Waals surface area (Å²) in [5.74, 6) is -7.56. The van der Waals surface area contributed by atoms with Crippen LogP contribution in [-0.4, -0.2) is 68.3 Å². The third-order valence-electron chi connectivity index (χ3n) is 8.74. The van der Waals surface area contributed by atoms with Gasteiger partial charge in [0.1, 0.15) is 17.7 Å². The number of sulfone groups is 1. The fraction of sp³-hybridized carbons (Fsp3) is 0.314. The molecule has 52 heavy (non-hydrogen) atoms. The first-order valence-electron chi connectivity index (χ1n) is 15.8. The molecule has 5 rings (SSSR count). The van der Waals surface area contributed by atoms with E-state index in [0.29, 0.717) is 16.5 Å². The number of fused-ring (bicyclic) bond motifs is 1. The number of rotatable bonds is 10. The highest BCUT2D eigenvalue weighted by atomic mass is 32.2. The van der Waals surface area contributed by atoms with Gasteiger partial charge in [0.2, 0.25) is 5.91 Å². The van der Waals surface area contributed by atoms with Crippen LogP contribution >= 0.6 is 0 Å². The second kappa shape index (κ2) is 14.7. The maximum absolute atomic E-state index is 16.0. The van der Waals surface area contributed by atoms with Crippen molar-refractivity contribution in [1.29, 1.82) is 0 Å². The van der Waals surface area contributed by atoms with Crippen molar-refractivity contribution in [2.24, 2.45) is 5.92 Å². The lowest BCUT2D eigenvalue weighted by atomic mass is 9.93. The molecule has 0 unspecified atom stereocenters. The second-order valence-electron chi connectivity index (χ2n) is 12.1. The zero-order valence-corrected chi connectivity index (χ0v) is 29.0. The molecule has 3 aromatic carbocycles. The average Bonchev–Trinajstić information content (AvgIpc) is 3.55. The molecule has 4 aromatic rings. The number of anilines is 2. The van der Waals surface area contributed by atoms with E-state index in [4.69, 9.17) is 15.2 Å². The van der Waals surface area contributed by atoms with Crippen LogP contribution in [0.3, 0.4) is 0 Å². The second-order valence-corrected chi connectivity index (χ2v) is 14.6. The number of ether oxygens (including phenoxy) is 3. The van der Waals surface area contributed by atoms with Crippen molar-refractivity contribution in [3.05, 3.63) is 83.8 Å². The standard InChI is InChI=1S/C35H34F4N4O8S/c1-18(2)52(47,48)28-8-6-5-7-22(28)30-23(33(45)51-34(46)35(37,38)39)12-14-43(30)32(44)29(24-16-26(49-3)27(50-4)17-25(24)36)42-20-9-10-21-19(15-20)11-13-41-31(21)40/h5-11,13,15-18,23,29-30,42H,12,14H2,1-4H3,(H2,40,41)/t23-,29+,30-/m0/s1. The van der Waals surface area contributed by atoms with E-state index in [0.717, 1.165) is 11.0 Å². The molecule has 1 aliphatic heterocycles. The molecular formula is C35H34F4N4O8S. The Morgan fingerprint density at radius 1 is 1.00 bits per heavy atom. The number of amides is 1. The van der Waals surface area contributed by atoms with Crippen LogP contribution < -0.4 is 20.5 Å². The average molecular weight is 747 g/mol. The number of hydrogen-bond acceptors (Lipinski definition) is 11. The van der Waals surface area contributed by atoms with E-state index in [1.165, 1.54) is 64.6 Å². The van der Waals surface area contributed by atoms with Crippen molar-refractivity contribution in [3.8, 4) is 11.5 Å². The van der Waals surface area contributed by atoms with Crippen molar-refractivity contribution < 1.29 is 54.6 Å². The molecule has 0 spiro atoms. The molecule has 3 atom stereocenters. The molecule has 1 fully saturated rings. The normalized spacial score (nSPS) is 16.8. The molecule has 276 valence electrons. The maximum Gasteiger partial charge on any atom is 0.491 e. The van der Waals surface area contributed by atoms with Crippen LogP contribution in [-0.2, 0) is 29.0 Å². The van der Waals surface area contributed by atoms with Crippen LogP contribution in [0.2, 0.25) is 0 Å². The molecule has 1 aromatic heterocycles. The summed E-state index contributed by atoms with van der Waals surface area (Å²) in [4.78, 5) is 44.7. The molecular weight excluding hydrogens is 712 g/mol. The largest absolute Gasteiger partial charge is 0.493 e. The van der Waals surface area contributed by atoms with Gasteiger partial charge in [0.15, 0.2) is 21.3 Å². The number of nitrogen functional groups attached to an aromatic ring is 1. The predicted octanol–water partition coefficient (Wildman–Crippen LogP) is 5.53. The minimum Gasteiger partial charge on any atom is -0.493 e. The first kappa shape index (κ1) is 37.8. The highest BCUT2D eigenvalue weighted by Crippen LogP contribution is 2.44. The topological polar surface area (TPSA) is 167 Å². The summed E-state index contributed by atoms with van der Waals surface area (Å²) < 4.78 is 97.4. The zero-order valence-electron chi connectivity index (χ0n) is 28.2. The van der Waals surface area contributed by atoms with Crippen molar-refractivity contribution in [2.75, 3.05) is 31.8 Å². The number of likely N-dealkylation sites (tertiary alicyclic amines) is 1. The van der Waals surface area contributed by atoms with Crippen LogP contribution in [0.5, 0.6) is 11.5 Å². The van der Waals surface area contributed by atoms with Crippen LogP contribution in [0.1, 0.15) is 43.5 Å². The molecule has 0 saturated carbocycles. The molecule has 0 radical (unpaired) electrons. The van der Waals surface area contributed by atoms with Gasteiger partial charge in [0, 0.05) is 35.4 Å². The van der Waals surface area contributed by atoms with Gasteiger partial charge in [0.25, 0.3) is 0 Å². The van der Waals surface area contributed by atoms with E-state index < -0.39 is 62.9 Å². The third kappa shape index (κ3) is 7.30. The Hall–Kier alpha value is -5.45. The first-order valence-corrected chi connectivity index (χ1v) is 17.3. The number of carbonyl (C=O) groups excluding carboxylic acids is 3. The Bertz CT molecular complexity index is 2150. The Kier molecular flexibility index (Phi) is 10.6. The number of nitrogens with zero attached hydrogens (tertiary/aromatic N) is 2. The Morgan fingerprint density at radius 2 is 1.67 bits per heavy atom. The number of nitrogens with two attached hydrogens (primary N) is 1. The van der Waals surface area contributed by atoms with E-state index in [-0.39, 0.29) is 46.3 Å². The highest BCUT2D eigenvalue weighted by molar-refractivity contribution is 7.92. The first-order chi connectivity index (χ1) is 24.5. The minimum atomic E-state index is -5.52. The number of alkyl halides is 3. The van der Waals surface area contributed by atoms with Crippen molar-refractivity contribution in [2.45, 2.75) is 48.7 Å². The summed E-state index contributed by atoms with van der Waals surface area (Å²) in [6.45, 7) is 2.49. The van der Waals surface area contributed by atoms with Gasteiger partial charge in [-0.15, -0.1) is 0 Å². The number of hydrogen-bond donors (Lipinski definition) is 2. The Balaban J connectivity index is 1.68. The lowest BCUT2D eigenvalue weighted by Gasteiger charge is -2.33. The lowest BCUT2D eigenvalue weighted by Crippen LogP contribution is -2.41. The number of aromatic nitrogens is 1. The molecule has 0 bridgehead atoms. The predicted molar refractivity (Wildman–Crippen MR) is 181 cm³/mol. The maximum atomic E-state index is 16.0. The van der Waals surface area contributed by atoms with Crippen molar-refractivity contribution in [3.63, 3.8) is 0 Å². The molecule has 1 saturated heterocycles.